The molecule has 0 radical (unpaired) electrons. The molecule has 0 aromatic rings. The maximum absolute atomic E-state index is 10.9. The first-order chi connectivity index (χ1) is 5.70. The summed E-state index contributed by atoms with van der Waals surface area (Å²) in [6.45, 7) is 2.52. The second-order valence-electron chi connectivity index (χ2n) is 2.33. The molecule has 5 nitrogen and oxygen atoms in total. The van der Waals surface area contributed by atoms with Crippen molar-refractivity contribution < 1.29 is 9.59 Å². The van der Waals surface area contributed by atoms with Crippen molar-refractivity contribution in [3.05, 3.63) is 0 Å². The summed E-state index contributed by atoms with van der Waals surface area (Å²) in [6.07, 6.45) is 0.885. The fourth-order valence-electron chi connectivity index (χ4n) is 0.578. The van der Waals surface area contributed by atoms with E-state index in [1.54, 1.807) is 0 Å². The minimum atomic E-state index is -0.318. The molecule has 0 atom stereocenters. The molecule has 0 aliphatic rings. The van der Waals surface area contributed by atoms with Gasteiger partial charge in [-0.1, -0.05) is 6.92 Å². The molecule has 0 unspecified atom stereocenters. The molecular weight excluding hydrogens is 158 g/mol. The van der Waals surface area contributed by atoms with Crippen LogP contribution in [-0.4, -0.2) is 31.4 Å². The highest BCUT2D eigenvalue weighted by Gasteiger charge is 2.01. The molecular formula is C7H15N3O2. The van der Waals surface area contributed by atoms with E-state index in [1.807, 2.05) is 6.92 Å². The van der Waals surface area contributed by atoms with E-state index in [4.69, 9.17) is 5.73 Å². The maximum Gasteiger partial charge on any atom is 0.239 e. The van der Waals surface area contributed by atoms with Crippen LogP contribution in [0, 0.1) is 0 Å². The summed E-state index contributed by atoms with van der Waals surface area (Å²) < 4.78 is 0. The molecule has 0 rings (SSSR count). The normalized spacial score (nSPS) is 9.17. The van der Waals surface area contributed by atoms with Gasteiger partial charge in [0.2, 0.25) is 11.8 Å². The predicted molar refractivity (Wildman–Crippen MR) is 45.4 cm³/mol. The number of nitrogens with one attached hydrogen (secondary N) is 2. The monoisotopic (exact) mass is 173 g/mol. The van der Waals surface area contributed by atoms with Crippen LogP contribution in [-0.2, 0) is 9.59 Å². The largest absolute Gasteiger partial charge is 0.355 e. The van der Waals surface area contributed by atoms with Gasteiger partial charge >= 0.3 is 0 Å². The zero-order chi connectivity index (χ0) is 9.40. The lowest BCUT2D eigenvalue weighted by molar-refractivity contribution is -0.125. The first-order valence-electron chi connectivity index (χ1n) is 3.94. The summed E-state index contributed by atoms with van der Waals surface area (Å²) in [4.78, 5) is 21.4. The van der Waals surface area contributed by atoms with Gasteiger partial charge in [0.15, 0.2) is 0 Å². The molecule has 2 amide bonds. The zero-order valence-corrected chi connectivity index (χ0v) is 7.22. The predicted octanol–water partition coefficient (Wildman–Crippen LogP) is -1.41. The van der Waals surface area contributed by atoms with E-state index in [-0.39, 0.29) is 24.9 Å². The Labute approximate surface area is 71.7 Å². The molecule has 0 aromatic heterocycles. The van der Waals surface area contributed by atoms with Gasteiger partial charge in [0, 0.05) is 6.54 Å². The van der Waals surface area contributed by atoms with E-state index in [0.717, 1.165) is 6.42 Å². The summed E-state index contributed by atoms with van der Waals surface area (Å²) in [5.74, 6) is -0.500. The van der Waals surface area contributed by atoms with Gasteiger partial charge in [-0.05, 0) is 6.42 Å². The third-order valence-corrected chi connectivity index (χ3v) is 1.20. The summed E-state index contributed by atoms with van der Waals surface area (Å²) in [7, 11) is 0. The maximum atomic E-state index is 10.9. The van der Waals surface area contributed by atoms with Gasteiger partial charge in [-0.15, -0.1) is 0 Å². The van der Waals surface area contributed by atoms with Crippen LogP contribution in [0.25, 0.3) is 0 Å². The summed E-state index contributed by atoms with van der Waals surface area (Å²) in [6, 6.07) is 0. The zero-order valence-electron chi connectivity index (χ0n) is 7.22. The Morgan fingerprint density at radius 2 is 1.92 bits per heavy atom. The van der Waals surface area contributed by atoms with Gasteiger partial charge in [-0.25, -0.2) is 0 Å². The average molecular weight is 173 g/mol. The SMILES string of the molecule is CCCNC(=O)CNC(=O)CN. The van der Waals surface area contributed by atoms with Gasteiger partial charge in [0.1, 0.15) is 0 Å². The Kier molecular flexibility index (Phi) is 6.00. The molecule has 0 aliphatic heterocycles. The summed E-state index contributed by atoms with van der Waals surface area (Å²) in [5, 5.41) is 4.98. The van der Waals surface area contributed by atoms with Crippen LogP contribution < -0.4 is 16.4 Å². The molecule has 5 heteroatoms. The van der Waals surface area contributed by atoms with Crippen LogP contribution in [0.5, 0.6) is 0 Å². The molecule has 0 bridgehead atoms. The molecule has 0 saturated heterocycles. The van der Waals surface area contributed by atoms with Crippen molar-refractivity contribution >= 4 is 11.8 Å². The van der Waals surface area contributed by atoms with Gasteiger partial charge in [-0.2, -0.15) is 0 Å². The van der Waals surface area contributed by atoms with Crippen LogP contribution in [0.3, 0.4) is 0 Å². The lowest BCUT2D eigenvalue weighted by Gasteiger charge is -2.03. The minimum Gasteiger partial charge on any atom is -0.355 e. The second-order valence-corrected chi connectivity index (χ2v) is 2.33. The molecule has 0 spiro atoms. The van der Waals surface area contributed by atoms with Crippen molar-refractivity contribution in [1.82, 2.24) is 10.6 Å². The van der Waals surface area contributed by atoms with Crippen LogP contribution in [0.4, 0.5) is 0 Å². The van der Waals surface area contributed by atoms with Crippen LogP contribution in [0.2, 0.25) is 0 Å². The Balaban J connectivity index is 3.37. The van der Waals surface area contributed by atoms with E-state index >= 15 is 0 Å². The van der Waals surface area contributed by atoms with Gasteiger partial charge in [0.05, 0.1) is 13.1 Å². The number of hydrogen-bond donors (Lipinski definition) is 3. The smallest absolute Gasteiger partial charge is 0.239 e. The molecule has 0 heterocycles. The van der Waals surface area contributed by atoms with E-state index in [0.29, 0.717) is 6.54 Å². The Morgan fingerprint density at radius 1 is 1.25 bits per heavy atom. The third kappa shape index (κ3) is 5.67. The number of rotatable bonds is 5. The van der Waals surface area contributed by atoms with Gasteiger partial charge < -0.3 is 16.4 Å². The highest BCUT2D eigenvalue weighted by Crippen LogP contribution is 1.70. The van der Waals surface area contributed by atoms with E-state index < -0.39 is 0 Å². The topological polar surface area (TPSA) is 84.2 Å². The highest BCUT2D eigenvalue weighted by molar-refractivity contribution is 5.85. The number of hydrogen-bond acceptors (Lipinski definition) is 3. The highest BCUT2D eigenvalue weighted by atomic mass is 16.2. The van der Waals surface area contributed by atoms with Crippen molar-refractivity contribution in [2.75, 3.05) is 19.6 Å². The second kappa shape index (κ2) is 6.60. The number of nitrogens with two attached hydrogens (primary N) is 1. The fraction of sp³-hybridized carbons (Fsp3) is 0.714. The summed E-state index contributed by atoms with van der Waals surface area (Å²) in [5.41, 5.74) is 5.01. The fourth-order valence-corrected chi connectivity index (χ4v) is 0.578. The molecule has 0 fully saturated rings. The third-order valence-electron chi connectivity index (χ3n) is 1.20. The Morgan fingerprint density at radius 3 is 2.42 bits per heavy atom. The number of carbonyl (C=O) groups excluding carboxylic acids is 2. The molecule has 70 valence electrons. The van der Waals surface area contributed by atoms with Crippen molar-refractivity contribution in [3.63, 3.8) is 0 Å². The van der Waals surface area contributed by atoms with E-state index in [9.17, 15) is 9.59 Å². The standard InChI is InChI=1S/C7H15N3O2/c1-2-3-9-7(12)5-10-6(11)4-8/h2-5,8H2,1H3,(H,9,12)(H,10,11). The molecule has 12 heavy (non-hydrogen) atoms. The van der Waals surface area contributed by atoms with E-state index in [1.165, 1.54) is 0 Å². The van der Waals surface area contributed by atoms with Crippen LogP contribution >= 0.6 is 0 Å². The first-order valence-corrected chi connectivity index (χ1v) is 3.94. The summed E-state index contributed by atoms with van der Waals surface area (Å²) >= 11 is 0. The van der Waals surface area contributed by atoms with Gasteiger partial charge in [0.25, 0.3) is 0 Å². The molecule has 4 N–H and O–H groups in total. The van der Waals surface area contributed by atoms with Gasteiger partial charge in [-0.3, -0.25) is 9.59 Å². The number of carbonyl (C=O) groups is 2. The number of amides is 2. The molecule has 0 aliphatic carbocycles. The van der Waals surface area contributed by atoms with Crippen molar-refractivity contribution in [2.45, 2.75) is 13.3 Å². The van der Waals surface area contributed by atoms with Crippen molar-refractivity contribution in [3.8, 4) is 0 Å². The molecule has 0 aromatic carbocycles. The van der Waals surface area contributed by atoms with Crippen molar-refractivity contribution in [2.24, 2.45) is 5.73 Å². The Bertz CT molecular complexity index is 159. The first kappa shape index (κ1) is 10.9. The van der Waals surface area contributed by atoms with E-state index in [2.05, 4.69) is 10.6 Å². The quantitative estimate of drug-likeness (QED) is 0.477. The molecule has 0 saturated carbocycles. The minimum absolute atomic E-state index is 0.00995. The van der Waals surface area contributed by atoms with Crippen molar-refractivity contribution in [1.29, 1.82) is 0 Å². The van der Waals surface area contributed by atoms with Crippen LogP contribution in [0.1, 0.15) is 13.3 Å². The lowest BCUT2D eigenvalue weighted by Crippen LogP contribution is -2.39. The lowest BCUT2D eigenvalue weighted by atomic mass is 10.4. The Hall–Kier alpha value is -1.10. The van der Waals surface area contributed by atoms with Crippen LogP contribution in [0.15, 0.2) is 0 Å². The average Bonchev–Trinajstić information content (AvgIpc) is 2.10.